The summed E-state index contributed by atoms with van der Waals surface area (Å²) in [6, 6.07) is 27.8. The maximum absolute atomic E-state index is 4.75. The zero-order valence-electron chi connectivity index (χ0n) is 14.9. The van der Waals surface area contributed by atoms with Crippen molar-refractivity contribution in [1.82, 2.24) is 14.5 Å². The van der Waals surface area contributed by atoms with Crippen LogP contribution in [0.25, 0.3) is 48.3 Å². The number of aromatic nitrogens is 3. The van der Waals surface area contributed by atoms with Gasteiger partial charge in [-0.15, -0.1) is 11.3 Å². The van der Waals surface area contributed by atoms with Crippen LogP contribution >= 0.6 is 11.3 Å². The lowest BCUT2D eigenvalue weighted by molar-refractivity contribution is 1.18. The molecule has 28 heavy (non-hydrogen) atoms. The fraction of sp³-hybridized carbons (Fsp3) is 0. The lowest BCUT2D eigenvalue weighted by Gasteiger charge is -2.08. The highest BCUT2D eigenvalue weighted by Gasteiger charge is 2.12. The van der Waals surface area contributed by atoms with Crippen LogP contribution < -0.4 is 0 Å². The van der Waals surface area contributed by atoms with Crippen LogP contribution in [0.1, 0.15) is 0 Å². The molecule has 6 aromatic rings. The molecule has 0 saturated carbocycles. The fourth-order valence-electron chi connectivity index (χ4n) is 3.86. The highest BCUT2D eigenvalue weighted by molar-refractivity contribution is 7.21. The molecule has 0 aliphatic heterocycles. The topological polar surface area (TPSA) is 30.7 Å². The van der Waals surface area contributed by atoms with E-state index in [9.17, 15) is 0 Å². The summed E-state index contributed by atoms with van der Waals surface area (Å²) < 4.78 is 3.44. The molecule has 3 heterocycles. The predicted molar refractivity (Wildman–Crippen MR) is 117 cm³/mol. The van der Waals surface area contributed by atoms with E-state index < -0.39 is 0 Å². The summed E-state index contributed by atoms with van der Waals surface area (Å²) in [5.74, 6) is 0. The summed E-state index contributed by atoms with van der Waals surface area (Å²) in [5.41, 5.74) is 5.74. The van der Waals surface area contributed by atoms with Crippen LogP contribution in [-0.4, -0.2) is 14.5 Å². The number of pyridine rings is 1. The van der Waals surface area contributed by atoms with Crippen molar-refractivity contribution in [2.45, 2.75) is 0 Å². The lowest BCUT2D eigenvalue weighted by Crippen LogP contribution is -1.93. The third-order valence-electron chi connectivity index (χ3n) is 5.14. The maximum atomic E-state index is 4.75. The van der Waals surface area contributed by atoms with E-state index in [0.717, 1.165) is 26.5 Å². The number of benzene rings is 3. The van der Waals surface area contributed by atoms with Gasteiger partial charge in [0.25, 0.3) is 0 Å². The van der Waals surface area contributed by atoms with Crippen LogP contribution in [0.15, 0.2) is 91.3 Å². The Balaban J connectivity index is 1.52. The van der Waals surface area contributed by atoms with E-state index in [1.54, 1.807) is 17.5 Å². The highest BCUT2D eigenvalue weighted by Crippen LogP contribution is 2.33. The Morgan fingerprint density at radius 2 is 1.39 bits per heavy atom. The van der Waals surface area contributed by atoms with Gasteiger partial charge in [0.2, 0.25) is 0 Å². The van der Waals surface area contributed by atoms with E-state index in [-0.39, 0.29) is 0 Å². The Bertz CT molecular complexity index is 1370. The molecule has 0 unspecified atom stereocenters. The van der Waals surface area contributed by atoms with Gasteiger partial charge in [-0.05, 0) is 42.5 Å². The van der Waals surface area contributed by atoms with Gasteiger partial charge in [0.15, 0.2) is 0 Å². The molecular formula is C24H15N3S. The van der Waals surface area contributed by atoms with Gasteiger partial charge < -0.3 is 4.57 Å². The summed E-state index contributed by atoms with van der Waals surface area (Å²) in [5, 5.41) is 3.58. The summed E-state index contributed by atoms with van der Waals surface area (Å²) in [7, 11) is 0. The standard InChI is InChI=1S/C24H15N3S/c1-3-7-21-18(5-1)19-6-2-4-8-22(19)27(21)17-11-9-16(10-12-17)24-26-20-13-14-25-15-23(20)28-24/h1-15H. The van der Waals surface area contributed by atoms with Gasteiger partial charge in [0.1, 0.15) is 5.01 Å². The molecule has 0 fully saturated rings. The first kappa shape index (κ1) is 15.5. The highest BCUT2D eigenvalue weighted by atomic mass is 32.1. The molecule has 0 atom stereocenters. The van der Waals surface area contributed by atoms with E-state index in [4.69, 9.17) is 4.98 Å². The molecular weight excluding hydrogens is 362 g/mol. The molecule has 132 valence electrons. The number of para-hydroxylation sites is 2. The minimum absolute atomic E-state index is 1.00. The van der Waals surface area contributed by atoms with Crippen LogP contribution in [0.3, 0.4) is 0 Å². The van der Waals surface area contributed by atoms with Crippen molar-refractivity contribution >= 4 is 43.4 Å². The fourth-order valence-corrected chi connectivity index (χ4v) is 4.80. The second-order valence-electron chi connectivity index (χ2n) is 6.78. The van der Waals surface area contributed by atoms with Gasteiger partial charge >= 0.3 is 0 Å². The Hall–Kier alpha value is -3.50. The van der Waals surface area contributed by atoms with Crippen molar-refractivity contribution in [3.63, 3.8) is 0 Å². The van der Waals surface area contributed by atoms with Crippen LogP contribution in [-0.2, 0) is 0 Å². The average molecular weight is 377 g/mol. The molecule has 4 heteroatoms. The van der Waals surface area contributed by atoms with Crippen molar-refractivity contribution in [2.75, 3.05) is 0 Å². The predicted octanol–water partition coefficient (Wildman–Crippen LogP) is 6.46. The van der Waals surface area contributed by atoms with E-state index in [2.05, 4.69) is 82.3 Å². The average Bonchev–Trinajstić information content (AvgIpc) is 3.33. The van der Waals surface area contributed by atoms with Gasteiger partial charge in [0.05, 0.1) is 21.3 Å². The summed E-state index contributed by atoms with van der Waals surface area (Å²) >= 11 is 1.68. The number of nitrogens with zero attached hydrogens (tertiary/aromatic N) is 3. The van der Waals surface area contributed by atoms with Gasteiger partial charge in [-0.2, -0.15) is 0 Å². The van der Waals surface area contributed by atoms with Crippen molar-refractivity contribution in [2.24, 2.45) is 0 Å². The number of hydrogen-bond acceptors (Lipinski definition) is 3. The molecule has 6 rings (SSSR count). The van der Waals surface area contributed by atoms with E-state index in [1.807, 2.05) is 12.3 Å². The quantitative estimate of drug-likeness (QED) is 0.347. The summed E-state index contributed by atoms with van der Waals surface area (Å²) in [4.78, 5) is 8.94. The third kappa shape index (κ3) is 2.28. The molecule has 3 nitrogen and oxygen atoms in total. The first-order chi connectivity index (χ1) is 13.9. The SMILES string of the molecule is c1ccc2c(c1)c1ccccc1n2-c1ccc(-c2nc3ccncc3s2)cc1. The normalized spacial score (nSPS) is 11.6. The number of fused-ring (bicyclic) bond motifs is 4. The molecule has 0 spiro atoms. The molecule has 0 N–H and O–H groups in total. The first-order valence-electron chi connectivity index (χ1n) is 9.18. The van der Waals surface area contributed by atoms with Crippen molar-refractivity contribution in [1.29, 1.82) is 0 Å². The second-order valence-corrected chi connectivity index (χ2v) is 7.81. The minimum atomic E-state index is 1.00. The van der Waals surface area contributed by atoms with E-state index in [0.29, 0.717) is 0 Å². The molecule has 0 aliphatic rings. The van der Waals surface area contributed by atoms with Crippen molar-refractivity contribution < 1.29 is 0 Å². The molecule has 3 aromatic carbocycles. The van der Waals surface area contributed by atoms with Crippen molar-refractivity contribution in [3.05, 3.63) is 91.3 Å². The van der Waals surface area contributed by atoms with Gasteiger partial charge in [-0.25, -0.2) is 4.98 Å². The van der Waals surface area contributed by atoms with Crippen molar-refractivity contribution in [3.8, 4) is 16.3 Å². The second kappa shape index (κ2) is 6.01. The molecule has 0 bridgehead atoms. The number of rotatable bonds is 2. The van der Waals surface area contributed by atoms with Gasteiger partial charge in [-0.3, -0.25) is 4.98 Å². The Morgan fingerprint density at radius 3 is 2.07 bits per heavy atom. The molecule has 3 aromatic heterocycles. The van der Waals surface area contributed by atoms with Crippen LogP contribution in [0.4, 0.5) is 0 Å². The van der Waals surface area contributed by atoms with Gasteiger partial charge in [-0.1, -0.05) is 36.4 Å². The Kier molecular flexibility index (Phi) is 3.34. The smallest absolute Gasteiger partial charge is 0.124 e. The third-order valence-corrected chi connectivity index (χ3v) is 6.20. The van der Waals surface area contributed by atoms with Gasteiger partial charge in [0, 0.05) is 34.4 Å². The summed E-state index contributed by atoms with van der Waals surface area (Å²) in [6.07, 6.45) is 3.67. The van der Waals surface area contributed by atoms with E-state index in [1.165, 1.54) is 21.8 Å². The summed E-state index contributed by atoms with van der Waals surface area (Å²) in [6.45, 7) is 0. The zero-order valence-corrected chi connectivity index (χ0v) is 15.7. The largest absolute Gasteiger partial charge is 0.309 e. The van der Waals surface area contributed by atoms with Crippen LogP contribution in [0.2, 0.25) is 0 Å². The number of hydrogen-bond donors (Lipinski definition) is 0. The Morgan fingerprint density at radius 1 is 0.714 bits per heavy atom. The number of thiazole rings is 1. The molecule has 0 saturated heterocycles. The lowest BCUT2D eigenvalue weighted by atomic mass is 10.2. The van der Waals surface area contributed by atoms with E-state index >= 15 is 0 Å². The monoisotopic (exact) mass is 377 g/mol. The van der Waals surface area contributed by atoms with Crippen LogP contribution in [0, 0.1) is 0 Å². The molecule has 0 radical (unpaired) electrons. The van der Waals surface area contributed by atoms with Crippen LogP contribution in [0.5, 0.6) is 0 Å². The zero-order chi connectivity index (χ0) is 18.5. The molecule has 0 amide bonds. The Labute approximate surface area is 165 Å². The molecule has 0 aliphatic carbocycles. The minimum Gasteiger partial charge on any atom is -0.309 e. The first-order valence-corrected chi connectivity index (χ1v) is 10.00. The maximum Gasteiger partial charge on any atom is 0.124 e.